The van der Waals surface area contributed by atoms with Crippen molar-refractivity contribution in [2.24, 2.45) is 5.92 Å². The van der Waals surface area contributed by atoms with E-state index >= 15 is 0 Å². The van der Waals surface area contributed by atoms with E-state index in [1.54, 1.807) is 0 Å². The molecular formula is C15H22N2O. The molecule has 1 aromatic carbocycles. The number of nitrogens with one attached hydrogen (secondary N) is 2. The fraction of sp³-hybridized carbons (Fsp3) is 0.533. The third-order valence-corrected chi connectivity index (χ3v) is 3.61. The van der Waals surface area contributed by atoms with Crippen molar-refractivity contribution in [1.29, 1.82) is 0 Å². The molecule has 0 aromatic heterocycles. The highest BCUT2D eigenvalue weighted by atomic mass is 16.1. The topological polar surface area (TPSA) is 41.1 Å². The molecule has 3 heteroatoms. The number of carbonyl (C=O) groups excluding carboxylic acids is 1. The van der Waals surface area contributed by atoms with Gasteiger partial charge in [-0.1, -0.05) is 23.8 Å². The molecule has 1 fully saturated rings. The van der Waals surface area contributed by atoms with Gasteiger partial charge >= 0.3 is 0 Å². The van der Waals surface area contributed by atoms with Gasteiger partial charge in [0, 0.05) is 6.42 Å². The number of hydrogen-bond acceptors (Lipinski definition) is 2. The summed E-state index contributed by atoms with van der Waals surface area (Å²) in [5.41, 5.74) is 3.71. The summed E-state index contributed by atoms with van der Waals surface area (Å²) >= 11 is 0. The summed E-state index contributed by atoms with van der Waals surface area (Å²) in [7, 11) is 0. The second-order valence-electron chi connectivity index (χ2n) is 5.38. The summed E-state index contributed by atoms with van der Waals surface area (Å²) in [5.74, 6) is 0.685. The Hall–Kier alpha value is -1.35. The molecule has 1 aromatic rings. The summed E-state index contributed by atoms with van der Waals surface area (Å²) in [6.45, 7) is 8.19. The van der Waals surface area contributed by atoms with Crippen molar-refractivity contribution in [3.8, 4) is 0 Å². The molecular weight excluding hydrogens is 224 g/mol. The van der Waals surface area contributed by atoms with Gasteiger partial charge in [-0.3, -0.25) is 4.79 Å². The Morgan fingerprint density at radius 1 is 1.44 bits per heavy atom. The summed E-state index contributed by atoms with van der Waals surface area (Å²) in [6.07, 6.45) is 0.641. The van der Waals surface area contributed by atoms with Crippen LogP contribution in [0.2, 0.25) is 0 Å². The van der Waals surface area contributed by atoms with Crippen LogP contribution < -0.4 is 10.6 Å². The highest BCUT2D eigenvalue weighted by Crippen LogP contribution is 2.19. The Morgan fingerprint density at radius 3 is 2.72 bits per heavy atom. The second-order valence-corrected chi connectivity index (χ2v) is 5.38. The first-order valence-electron chi connectivity index (χ1n) is 6.63. The van der Waals surface area contributed by atoms with E-state index in [2.05, 4.69) is 49.6 Å². The van der Waals surface area contributed by atoms with Crippen LogP contribution in [0.25, 0.3) is 0 Å². The van der Waals surface area contributed by atoms with Crippen LogP contribution in [-0.4, -0.2) is 19.0 Å². The molecule has 2 rings (SSSR count). The zero-order valence-electron chi connectivity index (χ0n) is 11.4. The highest BCUT2D eigenvalue weighted by Gasteiger charge is 2.21. The number of aryl methyl sites for hydroxylation is 2. The minimum Gasteiger partial charge on any atom is -0.350 e. The van der Waals surface area contributed by atoms with E-state index in [0.29, 0.717) is 12.3 Å². The Balaban J connectivity index is 1.93. The smallest absolute Gasteiger partial charge is 0.220 e. The van der Waals surface area contributed by atoms with E-state index in [4.69, 9.17) is 0 Å². The van der Waals surface area contributed by atoms with Gasteiger partial charge in [-0.05, 0) is 50.9 Å². The van der Waals surface area contributed by atoms with Gasteiger partial charge < -0.3 is 10.6 Å². The van der Waals surface area contributed by atoms with Gasteiger partial charge in [0.25, 0.3) is 0 Å². The SMILES string of the molecule is Cc1ccc(C(C)NC(=O)CC2CNC2)c(C)c1. The number of carbonyl (C=O) groups is 1. The number of benzene rings is 1. The minimum atomic E-state index is 0.0890. The molecule has 1 unspecified atom stereocenters. The fourth-order valence-electron chi connectivity index (χ4n) is 2.44. The van der Waals surface area contributed by atoms with Crippen molar-refractivity contribution in [3.05, 3.63) is 34.9 Å². The van der Waals surface area contributed by atoms with Gasteiger partial charge in [0.05, 0.1) is 6.04 Å². The van der Waals surface area contributed by atoms with E-state index in [0.717, 1.165) is 13.1 Å². The molecule has 0 saturated carbocycles. The van der Waals surface area contributed by atoms with E-state index in [1.165, 1.54) is 16.7 Å². The number of rotatable bonds is 4. The van der Waals surface area contributed by atoms with Crippen molar-refractivity contribution in [3.63, 3.8) is 0 Å². The van der Waals surface area contributed by atoms with Gasteiger partial charge in [-0.15, -0.1) is 0 Å². The predicted octanol–water partition coefficient (Wildman–Crippen LogP) is 2.09. The molecule has 1 aliphatic heterocycles. The molecule has 3 nitrogen and oxygen atoms in total. The van der Waals surface area contributed by atoms with E-state index in [9.17, 15) is 4.79 Å². The van der Waals surface area contributed by atoms with Crippen molar-refractivity contribution < 1.29 is 4.79 Å². The van der Waals surface area contributed by atoms with Crippen LogP contribution >= 0.6 is 0 Å². The molecule has 0 spiro atoms. The van der Waals surface area contributed by atoms with Crippen LogP contribution in [0.1, 0.15) is 36.1 Å². The summed E-state index contributed by atoms with van der Waals surface area (Å²) in [4.78, 5) is 11.9. The number of amides is 1. The van der Waals surface area contributed by atoms with E-state index in [-0.39, 0.29) is 11.9 Å². The molecule has 98 valence electrons. The van der Waals surface area contributed by atoms with Crippen molar-refractivity contribution in [2.75, 3.05) is 13.1 Å². The maximum absolute atomic E-state index is 11.9. The van der Waals surface area contributed by atoms with E-state index < -0.39 is 0 Å². The minimum absolute atomic E-state index is 0.0890. The van der Waals surface area contributed by atoms with Crippen LogP contribution in [0.4, 0.5) is 0 Å². The Bertz CT molecular complexity index is 438. The lowest BCUT2D eigenvalue weighted by molar-refractivity contribution is -0.123. The maximum Gasteiger partial charge on any atom is 0.220 e. The van der Waals surface area contributed by atoms with Crippen LogP contribution in [0.15, 0.2) is 18.2 Å². The van der Waals surface area contributed by atoms with Gasteiger partial charge in [0.1, 0.15) is 0 Å². The lowest BCUT2D eigenvalue weighted by Gasteiger charge is -2.27. The third kappa shape index (κ3) is 3.10. The summed E-state index contributed by atoms with van der Waals surface area (Å²) in [5, 5.41) is 6.28. The third-order valence-electron chi connectivity index (χ3n) is 3.61. The normalized spacial score (nSPS) is 17.1. The van der Waals surface area contributed by atoms with E-state index in [1.807, 2.05) is 0 Å². The standard InChI is InChI=1S/C15H22N2O/c1-10-4-5-14(11(2)6-10)12(3)17-15(18)7-13-8-16-9-13/h4-6,12-13,16H,7-9H2,1-3H3,(H,17,18). The zero-order chi connectivity index (χ0) is 13.1. The van der Waals surface area contributed by atoms with Gasteiger partial charge in [-0.25, -0.2) is 0 Å². The molecule has 2 N–H and O–H groups in total. The molecule has 1 heterocycles. The highest BCUT2D eigenvalue weighted by molar-refractivity contribution is 5.76. The first-order chi connectivity index (χ1) is 8.56. The molecule has 18 heavy (non-hydrogen) atoms. The zero-order valence-corrected chi connectivity index (χ0v) is 11.4. The maximum atomic E-state index is 11.9. The quantitative estimate of drug-likeness (QED) is 0.854. The Kier molecular flexibility index (Phi) is 4.02. The van der Waals surface area contributed by atoms with Crippen molar-refractivity contribution in [1.82, 2.24) is 10.6 Å². The van der Waals surface area contributed by atoms with Crippen molar-refractivity contribution >= 4 is 5.91 Å². The first kappa shape index (κ1) is 13.1. The average Bonchev–Trinajstić information content (AvgIpc) is 2.23. The van der Waals surface area contributed by atoms with Crippen LogP contribution in [-0.2, 0) is 4.79 Å². The molecule has 1 amide bonds. The second kappa shape index (κ2) is 5.53. The molecule has 0 aliphatic carbocycles. The predicted molar refractivity (Wildman–Crippen MR) is 73.5 cm³/mol. The van der Waals surface area contributed by atoms with Crippen LogP contribution in [0.3, 0.4) is 0 Å². The lowest BCUT2D eigenvalue weighted by atomic mass is 9.97. The summed E-state index contributed by atoms with van der Waals surface area (Å²) in [6, 6.07) is 6.46. The van der Waals surface area contributed by atoms with Gasteiger partial charge in [0.2, 0.25) is 5.91 Å². The monoisotopic (exact) mass is 246 g/mol. The molecule has 1 aliphatic rings. The number of hydrogen-bond donors (Lipinski definition) is 2. The molecule has 1 atom stereocenters. The van der Waals surface area contributed by atoms with Crippen molar-refractivity contribution in [2.45, 2.75) is 33.2 Å². The van der Waals surface area contributed by atoms with Gasteiger partial charge in [-0.2, -0.15) is 0 Å². The average molecular weight is 246 g/mol. The first-order valence-corrected chi connectivity index (χ1v) is 6.63. The largest absolute Gasteiger partial charge is 0.350 e. The lowest BCUT2D eigenvalue weighted by Crippen LogP contribution is -2.44. The van der Waals surface area contributed by atoms with Crippen LogP contribution in [0.5, 0.6) is 0 Å². The van der Waals surface area contributed by atoms with Gasteiger partial charge in [0.15, 0.2) is 0 Å². The Morgan fingerprint density at radius 2 is 2.17 bits per heavy atom. The Labute approximate surface area is 109 Å². The van der Waals surface area contributed by atoms with Crippen LogP contribution in [0, 0.1) is 19.8 Å². The summed E-state index contributed by atoms with van der Waals surface area (Å²) < 4.78 is 0. The molecule has 0 bridgehead atoms. The molecule has 1 saturated heterocycles. The molecule has 0 radical (unpaired) electrons. The fourth-order valence-corrected chi connectivity index (χ4v) is 2.44.